The Kier molecular flexibility index (Phi) is 0.944. The van der Waals surface area contributed by atoms with Crippen molar-refractivity contribution < 1.29 is 14.3 Å². The molecule has 2 bridgehead atoms. The summed E-state index contributed by atoms with van der Waals surface area (Å²) in [6.45, 7) is 0.413. The van der Waals surface area contributed by atoms with Crippen LogP contribution in [0.2, 0.25) is 0 Å². The first-order valence-corrected chi connectivity index (χ1v) is 2.85. The van der Waals surface area contributed by atoms with Crippen LogP contribution in [0.5, 0.6) is 0 Å². The second-order valence-electron chi connectivity index (χ2n) is 2.09. The van der Waals surface area contributed by atoms with E-state index in [0.717, 1.165) is 0 Å². The third-order valence-corrected chi connectivity index (χ3v) is 1.45. The zero-order valence-electron chi connectivity index (χ0n) is 4.74. The molecule has 0 radical (unpaired) electrons. The van der Waals surface area contributed by atoms with E-state index in [1.165, 1.54) is 6.08 Å². The normalized spacial score (nSPS) is 39.8. The Balaban J connectivity index is 2.29. The number of carbonyl (C=O) groups excluding carboxylic acids is 1. The predicted octanol–water partition coefficient (Wildman–Crippen LogP) is -0.133. The minimum absolute atomic E-state index is 0.0174. The van der Waals surface area contributed by atoms with Gasteiger partial charge in [-0.15, -0.1) is 0 Å². The van der Waals surface area contributed by atoms with Crippen molar-refractivity contribution >= 4 is 5.78 Å². The average Bonchev–Trinajstić information content (AvgIpc) is 2.25. The fourth-order valence-electron chi connectivity index (χ4n) is 0.954. The monoisotopic (exact) mass is 126 g/mol. The minimum Gasteiger partial charge on any atom is -0.346 e. The van der Waals surface area contributed by atoms with Crippen molar-refractivity contribution in [1.29, 1.82) is 0 Å². The number of ether oxygens (including phenoxy) is 2. The molecule has 2 unspecified atom stereocenters. The quantitative estimate of drug-likeness (QED) is 0.453. The Bertz CT molecular complexity index is 173. The fourth-order valence-corrected chi connectivity index (χ4v) is 0.954. The van der Waals surface area contributed by atoms with Gasteiger partial charge in [0.15, 0.2) is 12.1 Å². The molecule has 9 heavy (non-hydrogen) atoms. The summed E-state index contributed by atoms with van der Waals surface area (Å²) in [4.78, 5) is 10.8. The number of hydrogen-bond acceptors (Lipinski definition) is 3. The molecule has 0 N–H and O–H groups in total. The number of ketones is 1. The van der Waals surface area contributed by atoms with Crippen LogP contribution in [0.4, 0.5) is 0 Å². The van der Waals surface area contributed by atoms with Crippen molar-refractivity contribution in [3.8, 4) is 0 Å². The van der Waals surface area contributed by atoms with Gasteiger partial charge in [-0.3, -0.25) is 4.79 Å². The molecule has 2 aliphatic heterocycles. The molecule has 1 fully saturated rings. The number of hydrogen-bond donors (Lipinski definition) is 0. The first-order chi connectivity index (χ1) is 4.36. The Morgan fingerprint density at radius 2 is 2.56 bits per heavy atom. The molecule has 2 rings (SSSR count). The second-order valence-corrected chi connectivity index (χ2v) is 2.09. The van der Waals surface area contributed by atoms with Crippen molar-refractivity contribution in [1.82, 2.24) is 0 Å². The molecule has 0 aromatic heterocycles. The highest BCUT2D eigenvalue weighted by molar-refractivity contribution is 5.94. The molecule has 0 saturated carbocycles. The van der Waals surface area contributed by atoms with E-state index in [1.807, 2.05) is 0 Å². The number of carbonyl (C=O) groups is 1. The summed E-state index contributed by atoms with van der Waals surface area (Å²) >= 11 is 0. The van der Waals surface area contributed by atoms with Crippen LogP contribution in [0.1, 0.15) is 0 Å². The Hall–Kier alpha value is -0.670. The zero-order valence-corrected chi connectivity index (χ0v) is 4.74. The summed E-state index contributed by atoms with van der Waals surface area (Å²) in [5.41, 5.74) is 0. The van der Waals surface area contributed by atoms with Crippen LogP contribution >= 0.6 is 0 Å². The topological polar surface area (TPSA) is 35.5 Å². The van der Waals surface area contributed by atoms with Gasteiger partial charge in [0.25, 0.3) is 0 Å². The molecule has 48 valence electrons. The summed E-state index contributed by atoms with van der Waals surface area (Å²) < 4.78 is 10.1. The third-order valence-electron chi connectivity index (χ3n) is 1.45. The molecule has 0 spiro atoms. The largest absolute Gasteiger partial charge is 0.346 e. The Morgan fingerprint density at radius 1 is 1.67 bits per heavy atom. The highest BCUT2D eigenvalue weighted by Gasteiger charge is 2.32. The van der Waals surface area contributed by atoms with E-state index < -0.39 is 0 Å². The van der Waals surface area contributed by atoms with Crippen LogP contribution < -0.4 is 0 Å². The highest BCUT2D eigenvalue weighted by atomic mass is 16.7. The average molecular weight is 126 g/mol. The van der Waals surface area contributed by atoms with Gasteiger partial charge >= 0.3 is 0 Å². The van der Waals surface area contributed by atoms with E-state index in [0.29, 0.717) is 6.61 Å². The third kappa shape index (κ3) is 0.693. The maximum atomic E-state index is 10.8. The lowest BCUT2D eigenvalue weighted by molar-refractivity contribution is -0.126. The van der Waals surface area contributed by atoms with E-state index in [1.54, 1.807) is 6.08 Å². The lowest BCUT2D eigenvalue weighted by Gasteiger charge is -2.08. The standard InChI is InChI=1S/C6H6O3/c7-4-1-2-6-8-3-5(4)9-6/h1-2,5-6H,3H2. The van der Waals surface area contributed by atoms with Gasteiger partial charge in [-0.05, 0) is 12.2 Å². The van der Waals surface area contributed by atoms with Gasteiger partial charge in [-0.2, -0.15) is 0 Å². The van der Waals surface area contributed by atoms with Gasteiger partial charge in [0.1, 0.15) is 6.10 Å². The number of fused-ring (bicyclic) bond motifs is 2. The summed E-state index contributed by atoms with van der Waals surface area (Å²) in [5.74, 6) is 0.0174. The van der Waals surface area contributed by atoms with Crippen molar-refractivity contribution in [3.05, 3.63) is 12.2 Å². The van der Waals surface area contributed by atoms with Crippen molar-refractivity contribution in [2.24, 2.45) is 0 Å². The van der Waals surface area contributed by atoms with Crippen LogP contribution in [0.25, 0.3) is 0 Å². The Labute approximate surface area is 52.3 Å². The molecule has 2 atom stereocenters. The van der Waals surface area contributed by atoms with E-state index in [4.69, 9.17) is 9.47 Å². The summed E-state index contributed by atoms with van der Waals surface area (Å²) in [6.07, 6.45) is 2.57. The number of rotatable bonds is 0. The molecule has 2 aliphatic rings. The van der Waals surface area contributed by atoms with Crippen LogP contribution in [0.3, 0.4) is 0 Å². The first-order valence-electron chi connectivity index (χ1n) is 2.85. The minimum atomic E-state index is -0.319. The summed E-state index contributed by atoms with van der Waals surface area (Å²) in [7, 11) is 0. The van der Waals surface area contributed by atoms with Gasteiger partial charge in [-0.1, -0.05) is 0 Å². The van der Waals surface area contributed by atoms with Crippen molar-refractivity contribution in [2.45, 2.75) is 12.4 Å². The summed E-state index contributed by atoms with van der Waals surface area (Å²) in [6, 6.07) is 0. The molecule has 0 aromatic rings. The van der Waals surface area contributed by atoms with E-state index in [2.05, 4.69) is 0 Å². The van der Waals surface area contributed by atoms with Crippen LogP contribution in [-0.2, 0) is 14.3 Å². The van der Waals surface area contributed by atoms with Gasteiger partial charge in [0.05, 0.1) is 6.61 Å². The lowest BCUT2D eigenvalue weighted by atomic mass is 10.2. The van der Waals surface area contributed by atoms with Crippen LogP contribution in [-0.4, -0.2) is 24.8 Å². The van der Waals surface area contributed by atoms with Gasteiger partial charge in [0.2, 0.25) is 0 Å². The zero-order chi connectivity index (χ0) is 6.27. The van der Waals surface area contributed by atoms with Crippen molar-refractivity contribution in [3.63, 3.8) is 0 Å². The highest BCUT2D eigenvalue weighted by Crippen LogP contribution is 2.17. The maximum Gasteiger partial charge on any atom is 0.186 e. The molecular formula is C6H6O3. The first kappa shape index (κ1) is 5.14. The maximum absolute atomic E-state index is 10.8. The van der Waals surface area contributed by atoms with E-state index in [-0.39, 0.29) is 18.2 Å². The SMILES string of the molecule is O=C1C=CC2OCC1O2. The van der Waals surface area contributed by atoms with Gasteiger partial charge in [-0.25, -0.2) is 0 Å². The van der Waals surface area contributed by atoms with Crippen LogP contribution in [0, 0.1) is 0 Å². The fraction of sp³-hybridized carbons (Fsp3) is 0.500. The second kappa shape index (κ2) is 1.65. The summed E-state index contributed by atoms with van der Waals surface area (Å²) in [5, 5.41) is 0. The Morgan fingerprint density at radius 3 is 3.33 bits per heavy atom. The van der Waals surface area contributed by atoms with Gasteiger partial charge in [0, 0.05) is 0 Å². The van der Waals surface area contributed by atoms with E-state index >= 15 is 0 Å². The molecule has 0 aliphatic carbocycles. The molecule has 2 heterocycles. The molecule has 3 heteroatoms. The van der Waals surface area contributed by atoms with Gasteiger partial charge < -0.3 is 9.47 Å². The molecule has 3 nitrogen and oxygen atoms in total. The molecular weight excluding hydrogens is 120 g/mol. The molecule has 1 saturated heterocycles. The van der Waals surface area contributed by atoms with Crippen LogP contribution in [0.15, 0.2) is 12.2 Å². The smallest absolute Gasteiger partial charge is 0.186 e. The predicted molar refractivity (Wildman–Crippen MR) is 28.8 cm³/mol. The van der Waals surface area contributed by atoms with Crippen molar-refractivity contribution in [2.75, 3.05) is 6.61 Å². The molecule has 0 aromatic carbocycles. The molecule has 0 amide bonds. The lowest BCUT2D eigenvalue weighted by Crippen LogP contribution is -2.24. The van der Waals surface area contributed by atoms with E-state index in [9.17, 15) is 4.79 Å².